The van der Waals surface area contributed by atoms with Gasteiger partial charge in [-0.3, -0.25) is 14.5 Å². The van der Waals surface area contributed by atoms with Crippen LogP contribution in [0.5, 0.6) is 17.2 Å². The number of benzene rings is 2. The first-order valence-corrected chi connectivity index (χ1v) is 12.1. The monoisotopic (exact) mass is 482 g/mol. The van der Waals surface area contributed by atoms with E-state index in [2.05, 4.69) is 4.90 Å². The van der Waals surface area contributed by atoms with Crippen LogP contribution in [-0.2, 0) is 14.3 Å². The molecule has 2 aliphatic heterocycles. The molecule has 0 aromatic heterocycles. The number of carbonyl (C=O) groups excluding carboxylic acids is 2. The average molecular weight is 483 g/mol. The van der Waals surface area contributed by atoms with Gasteiger partial charge in [0.15, 0.2) is 11.5 Å². The highest BCUT2D eigenvalue weighted by Gasteiger charge is 2.48. The van der Waals surface area contributed by atoms with Gasteiger partial charge in [-0.15, -0.1) is 0 Å². The van der Waals surface area contributed by atoms with E-state index in [0.717, 1.165) is 23.3 Å². The summed E-state index contributed by atoms with van der Waals surface area (Å²) in [6, 6.07) is 13.2. The number of nitrogens with zero attached hydrogens (tertiary/aromatic N) is 2. The van der Waals surface area contributed by atoms with Crippen molar-refractivity contribution in [2.45, 2.75) is 32.2 Å². The molecule has 1 amide bonds. The normalized spacial score (nSPS) is 21.1. The topological polar surface area (TPSA) is 77.5 Å². The number of esters is 1. The summed E-state index contributed by atoms with van der Waals surface area (Å²) >= 11 is 0. The van der Waals surface area contributed by atoms with Crippen molar-refractivity contribution < 1.29 is 28.5 Å². The van der Waals surface area contributed by atoms with Gasteiger partial charge in [0.1, 0.15) is 5.75 Å². The molecule has 8 nitrogen and oxygen atoms in total. The first-order chi connectivity index (χ1) is 17.0. The quantitative estimate of drug-likeness (QED) is 0.505. The van der Waals surface area contributed by atoms with E-state index in [0.29, 0.717) is 24.6 Å². The Balaban J connectivity index is 1.74. The van der Waals surface area contributed by atoms with Gasteiger partial charge < -0.3 is 23.8 Å². The number of rotatable bonds is 9. The van der Waals surface area contributed by atoms with Crippen LogP contribution in [0.15, 0.2) is 42.5 Å². The summed E-state index contributed by atoms with van der Waals surface area (Å²) in [6.07, 6.45) is 0.884. The number of methoxy groups -OCH3 is 1. The van der Waals surface area contributed by atoms with Crippen molar-refractivity contribution in [1.82, 2.24) is 9.80 Å². The number of fused-ring (bicyclic) bond motifs is 1. The minimum Gasteiger partial charge on any atom is -0.497 e. The van der Waals surface area contributed by atoms with E-state index >= 15 is 0 Å². The Kier molecular flexibility index (Phi) is 7.80. The van der Waals surface area contributed by atoms with Gasteiger partial charge >= 0.3 is 5.97 Å². The van der Waals surface area contributed by atoms with Gasteiger partial charge in [-0.25, -0.2) is 0 Å². The van der Waals surface area contributed by atoms with Crippen LogP contribution < -0.4 is 14.2 Å². The molecule has 0 aliphatic carbocycles. The van der Waals surface area contributed by atoms with Gasteiger partial charge in [0.25, 0.3) is 0 Å². The van der Waals surface area contributed by atoms with Crippen molar-refractivity contribution in [2.24, 2.45) is 5.92 Å². The fourth-order valence-electron chi connectivity index (χ4n) is 5.05. The lowest BCUT2D eigenvalue weighted by Crippen LogP contribution is -2.39. The molecule has 0 spiro atoms. The molecule has 8 heteroatoms. The Morgan fingerprint density at radius 3 is 2.46 bits per heavy atom. The highest BCUT2D eigenvalue weighted by atomic mass is 16.7. The number of hydrogen-bond donors (Lipinski definition) is 0. The maximum atomic E-state index is 13.4. The Morgan fingerprint density at radius 1 is 1.06 bits per heavy atom. The molecule has 2 aliphatic rings. The highest BCUT2D eigenvalue weighted by Crippen LogP contribution is 2.48. The Hall–Kier alpha value is -3.26. The molecule has 0 unspecified atom stereocenters. The smallest absolute Gasteiger partial charge is 0.311 e. The lowest BCUT2D eigenvalue weighted by molar-refractivity contribution is -0.149. The number of likely N-dealkylation sites (N-methyl/N-ethyl adjacent to an activating group) is 1. The summed E-state index contributed by atoms with van der Waals surface area (Å²) in [5.74, 6) is 1.18. The van der Waals surface area contributed by atoms with Crippen molar-refractivity contribution in [2.75, 3.05) is 47.2 Å². The third kappa shape index (κ3) is 5.22. The molecule has 4 rings (SSSR count). The number of amides is 1. The van der Waals surface area contributed by atoms with Gasteiger partial charge in [0.2, 0.25) is 12.7 Å². The summed E-state index contributed by atoms with van der Waals surface area (Å²) in [5.41, 5.74) is 1.90. The number of carbonyl (C=O) groups is 2. The summed E-state index contributed by atoms with van der Waals surface area (Å²) in [6.45, 7) is 5.76. The second kappa shape index (κ2) is 11.0. The van der Waals surface area contributed by atoms with E-state index in [9.17, 15) is 9.59 Å². The van der Waals surface area contributed by atoms with E-state index in [4.69, 9.17) is 18.9 Å². The molecule has 0 radical (unpaired) electrons. The zero-order valence-corrected chi connectivity index (χ0v) is 20.9. The molecule has 0 saturated carbocycles. The van der Waals surface area contributed by atoms with Crippen molar-refractivity contribution in [1.29, 1.82) is 0 Å². The van der Waals surface area contributed by atoms with Gasteiger partial charge in [0, 0.05) is 32.1 Å². The van der Waals surface area contributed by atoms with Crippen LogP contribution in [0, 0.1) is 5.92 Å². The third-order valence-electron chi connectivity index (χ3n) is 6.76. The van der Waals surface area contributed by atoms with Crippen molar-refractivity contribution in [3.8, 4) is 17.2 Å². The van der Waals surface area contributed by atoms with Crippen molar-refractivity contribution in [3.05, 3.63) is 53.6 Å². The predicted molar refractivity (Wildman–Crippen MR) is 131 cm³/mol. The molecule has 2 aromatic rings. The lowest BCUT2D eigenvalue weighted by atomic mass is 9.82. The Bertz CT molecular complexity index is 1040. The van der Waals surface area contributed by atoms with Gasteiger partial charge in [-0.05, 0) is 48.7 Å². The molecule has 2 heterocycles. The fourth-order valence-corrected chi connectivity index (χ4v) is 5.05. The molecular weight excluding hydrogens is 448 g/mol. The van der Waals surface area contributed by atoms with E-state index < -0.39 is 5.92 Å². The van der Waals surface area contributed by atoms with Gasteiger partial charge in [-0.2, -0.15) is 0 Å². The molecule has 2 aromatic carbocycles. The molecule has 1 fully saturated rings. The van der Waals surface area contributed by atoms with Crippen LogP contribution in [0.2, 0.25) is 0 Å². The standard InChI is InChI=1S/C27H34N2O6/c1-5-13-28(3)24(30)16-29-15-21(19-9-12-22-23(14-19)35-17-34-22)25(27(31)33-6-2)26(29)18-7-10-20(32-4)11-8-18/h7-12,14,21,25-26H,5-6,13,15-17H2,1-4H3/t21-,25-,26+/m1/s1. The molecule has 0 bridgehead atoms. The zero-order chi connectivity index (χ0) is 24.9. The van der Waals surface area contributed by atoms with E-state index in [1.807, 2.05) is 63.4 Å². The predicted octanol–water partition coefficient (Wildman–Crippen LogP) is 3.61. The van der Waals surface area contributed by atoms with Crippen LogP contribution in [0.4, 0.5) is 0 Å². The maximum Gasteiger partial charge on any atom is 0.311 e. The fraction of sp³-hybridized carbons (Fsp3) is 0.481. The summed E-state index contributed by atoms with van der Waals surface area (Å²) < 4.78 is 22.0. The minimum absolute atomic E-state index is 0.0271. The molecule has 3 atom stereocenters. The third-order valence-corrected chi connectivity index (χ3v) is 6.76. The second-order valence-corrected chi connectivity index (χ2v) is 8.96. The SMILES string of the molecule is CCCN(C)C(=O)CN1C[C@H](c2ccc3c(c2)OCO3)[C@@H](C(=O)OCC)[C@@H]1c1ccc(OC)cc1. The van der Waals surface area contributed by atoms with Gasteiger partial charge in [-0.1, -0.05) is 25.1 Å². The molecular formula is C27H34N2O6. The van der Waals surface area contributed by atoms with E-state index in [-0.39, 0.29) is 43.8 Å². The second-order valence-electron chi connectivity index (χ2n) is 8.96. The van der Waals surface area contributed by atoms with Gasteiger partial charge in [0.05, 0.1) is 26.2 Å². The van der Waals surface area contributed by atoms with Crippen molar-refractivity contribution >= 4 is 11.9 Å². The van der Waals surface area contributed by atoms with Crippen LogP contribution in [0.1, 0.15) is 43.4 Å². The Labute approximate surface area is 206 Å². The molecule has 0 N–H and O–H groups in total. The van der Waals surface area contributed by atoms with Crippen LogP contribution in [0.25, 0.3) is 0 Å². The van der Waals surface area contributed by atoms with E-state index in [1.165, 1.54) is 0 Å². The van der Waals surface area contributed by atoms with Crippen molar-refractivity contribution in [3.63, 3.8) is 0 Å². The first kappa shape index (κ1) is 24.9. The summed E-state index contributed by atoms with van der Waals surface area (Å²) in [7, 11) is 3.44. The number of hydrogen-bond acceptors (Lipinski definition) is 7. The largest absolute Gasteiger partial charge is 0.497 e. The Morgan fingerprint density at radius 2 is 1.77 bits per heavy atom. The molecule has 1 saturated heterocycles. The van der Waals surface area contributed by atoms with E-state index in [1.54, 1.807) is 12.0 Å². The molecule has 35 heavy (non-hydrogen) atoms. The zero-order valence-electron chi connectivity index (χ0n) is 20.9. The first-order valence-electron chi connectivity index (χ1n) is 12.1. The maximum absolute atomic E-state index is 13.4. The lowest BCUT2D eigenvalue weighted by Gasteiger charge is -2.29. The number of ether oxygens (including phenoxy) is 4. The number of likely N-dealkylation sites (tertiary alicyclic amines) is 1. The average Bonchev–Trinajstić information content (AvgIpc) is 3.48. The van der Waals surface area contributed by atoms with Crippen LogP contribution in [-0.4, -0.2) is 68.9 Å². The summed E-state index contributed by atoms with van der Waals surface area (Å²) in [5, 5.41) is 0. The minimum atomic E-state index is -0.493. The van der Waals surface area contributed by atoms with Crippen LogP contribution in [0.3, 0.4) is 0 Å². The molecule has 188 valence electrons. The highest BCUT2D eigenvalue weighted by molar-refractivity contribution is 5.79. The van der Waals surface area contributed by atoms with Crippen LogP contribution >= 0.6 is 0 Å². The summed E-state index contributed by atoms with van der Waals surface area (Å²) in [4.78, 5) is 30.3.